The predicted octanol–water partition coefficient (Wildman–Crippen LogP) is 2.23. The second-order valence-corrected chi connectivity index (χ2v) is 3.38. The van der Waals surface area contributed by atoms with Crippen LogP contribution in [0, 0.1) is 11.8 Å². The van der Waals surface area contributed by atoms with Crippen LogP contribution in [0.5, 0.6) is 0 Å². The number of Topliss-reactive ketones (excluding diaryl/α,β-unsaturated/α-hetero) is 1. The van der Waals surface area contributed by atoms with E-state index in [1.54, 1.807) is 0 Å². The van der Waals surface area contributed by atoms with Crippen molar-refractivity contribution >= 4 is 17.4 Å². The molecule has 2 unspecified atom stereocenters. The number of carbonyl (C=O) groups excluding carboxylic acids is 1. The Hall–Kier alpha value is -0.0400. The van der Waals surface area contributed by atoms with E-state index in [1.165, 1.54) is 12.8 Å². The van der Waals surface area contributed by atoms with E-state index >= 15 is 0 Å². The topological polar surface area (TPSA) is 17.1 Å². The van der Waals surface area contributed by atoms with Gasteiger partial charge in [-0.15, -0.1) is 11.6 Å². The molecular formula is C8H13ClO. The molecule has 2 heteroatoms. The van der Waals surface area contributed by atoms with Gasteiger partial charge in [-0.1, -0.05) is 13.3 Å². The minimum Gasteiger partial charge on any atom is -0.298 e. The highest BCUT2D eigenvalue weighted by atomic mass is 35.5. The molecule has 0 N–H and O–H groups in total. The van der Waals surface area contributed by atoms with Gasteiger partial charge < -0.3 is 0 Å². The van der Waals surface area contributed by atoms with E-state index < -0.39 is 0 Å². The van der Waals surface area contributed by atoms with Crippen molar-refractivity contribution in [3.8, 4) is 0 Å². The third-order valence-corrected chi connectivity index (χ3v) is 2.67. The summed E-state index contributed by atoms with van der Waals surface area (Å²) in [5, 5.41) is 0. The van der Waals surface area contributed by atoms with Crippen LogP contribution in [0.4, 0.5) is 0 Å². The van der Waals surface area contributed by atoms with Crippen molar-refractivity contribution in [1.29, 1.82) is 0 Å². The van der Waals surface area contributed by atoms with Gasteiger partial charge in [0.2, 0.25) is 0 Å². The van der Waals surface area contributed by atoms with Gasteiger partial charge in [-0.2, -0.15) is 0 Å². The summed E-state index contributed by atoms with van der Waals surface area (Å²) >= 11 is 5.45. The van der Waals surface area contributed by atoms with Crippen molar-refractivity contribution < 1.29 is 4.79 Å². The van der Waals surface area contributed by atoms with E-state index in [-0.39, 0.29) is 17.6 Å². The van der Waals surface area contributed by atoms with Crippen molar-refractivity contribution in [2.75, 3.05) is 5.88 Å². The summed E-state index contributed by atoms with van der Waals surface area (Å²) < 4.78 is 0. The summed E-state index contributed by atoms with van der Waals surface area (Å²) in [4.78, 5) is 11.1. The van der Waals surface area contributed by atoms with Gasteiger partial charge in [0.25, 0.3) is 0 Å². The van der Waals surface area contributed by atoms with E-state index in [4.69, 9.17) is 11.6 Å². The Balaban J connectivity index is 2.46. The van der Waals surface area contributed by atoms with Gasteiger partial charge >= 0.3 is 0 Å². The molecule has 1 saturated carbocycles. The molecule has 0 radical (unpaired) electrons. The van der Waals surface area contributed by atoms with E-state index in [0.717, 1.165) is 6.42 Å². The molecule has 0 saturated heterocycles. The molecule has 0 bridgehead atoms. The second kappa shape index (κ2) is 3.38. The summed E-state index contributed by atoms with van der Waals surface area (Å²) in [6.45, 7) is 2.14. The molecule has 10 heavy (non-hydrogen) atoms. The maximum absolute atomic E-state index is 11.1. The van der Waals surface area contributed by atoms with E-state index in [2.05, 4.69) is 6.92 Å². The lowest BCUT2D eigenvalue weighted by Gasteiger charge is -2.10. The molecule has 0 aromatic rings. The summed E-state index contributed by atoms with van der Waals surface area (Å²) in [5.41, 5.74) is 0. The number of hydrogen-bond acceptors (Lipinski definition) is 1. The van der Waals surface area contributed by atoms with Crippen LogP contribution in [0.3, 0.4) is 0 Å². The first-order valence-electron chi connectivity index (χ1n) is 3.84. The lowest BCUT2D eigenvalue weighted by Crippen LogP contribution is -2.17. The summed E-state index contributed by atoms with van der Waals surface area (Å²) in [7, 11) is 0. The minimum absolute atomic E-state index is 0.203. The van der Waals surface area contributed by atoms with Gasteiger partial charge in [-0.05, 0) is 18.8 Å². The molecule has 1 rings (SSSR count). The molecule has 58 valence electrons. The first-order valence-corrected chi connectivity index (χ1v) is 4.38. The molecule has 0 aromatic carbocycles. The van der Waals surface area contributed by atoms with E-state index in [1.807, 2.05) is 0 Å². The third-order valence-electron chi connectivity index (χ3n) is 2.41. The normalized spacial score (nSPS) is 32.6. The van der Waals surface area contributed by atoms with Crippen molar-refractivity contribution in [2.45, 2.75) is 26.2 Å². The number of carbonyl (C=O) groups is 1. The Morgan fingerprint density at radius 2 is 2.30 bits per heavy atom. The molecule has 0 aliphatic heterocycles. The van der Waals surface area contributed by atoms with Crippen LogP contribution in [-0.2, 0) is 4.79 Å². The molecule has 1 nitrogen and oxygen atoms in total. The Bertz CT molecular complexity index is 133. The van der Waals surface area contributed by atoms with Crippen LogP contribution in [0.1, 0.15) is 26.2 Å². The molecule has 0 aromatic heterocycles. The van der Waals surface area contributed by atoms with Crippen molar-refractivity contribution in [3.05, 3.63) is 0 Å². The van der Waals surface area contributed by atoms with Gasteiger partial charge in [0.05, 0.1) is 5.88 Å². The lowest BCUT2D eigenvalue weighted by molar-refractivity contribution is -0.121. The summed E-state index contributed by atoms with van der Waals surface area (Å²) in [6.07, 6.45) is 3.47. The summed E-state index contributed by atoms with van der Waals surface area (Å²) in [6, 6.07) is 0. The van der Waals surface area contributed by atoms with Crippen LogP contribution in [0.15, 0.2) is 0 Å². The van der Waals surface area contributed by atoms with Gasteiger partial charge in [-0.3, -0.25) is 4.79 Å². The van der Waals surface area contributed by atoms with Crippen molar-refractivity contribution in [2.24, 2.45) is 11.8 Å². The third kappa shape index (κ3) is 1.51. The molecule has 1 fully saturated rings. The largest absolute Gasteiger partial charge is 0.298 e. The predicted molar refractivity (Wildman–Crippen MR) is 42.2 cm³/mol. The SMILES string of the molecule is CC1CCCC1C(=O)CCl. The second-order valence-electron chi connectivity index (χ2n) is 3.11. The van der Waals surface area contributed by atoms with Crippen LogP contribution in [0.2, 0.25) is 0 Å². The first-order chi connectivity index (χ1) is 4.75. The first kappa shape index (κ1) is 8.06. The highest BCUT2D eigenvalue weighted by Crippen LogP contribution is 2.31. The Morgan fingerprint density at radius 3 is 2.70 bits per heavy atom. The van der Waals surface area contributed by atoms with Crippen LogP contribution in [0.25, 0.3) is 0 Å². The number of halogens is 1. The monoisotopic (exact) mass is 160 g/mol. The number of alkyl halides is 1. The van der Waals surface area contributed by atoms with E-state index in [9.17, 15) is 4.79 Å². The zero-order valence-corrected chi connectivity index (χ0v) is 7.03. The fourth-order valence-electron chi connectivity index (χ4n) is 1.72. The molecule has 0 amide bonds. The van der Waals surface area contributed by atoms with Crippen LogP contribution >= 0.6 is 11.6 Å². The molecule has 1 aliphatic carbocycles. The highest BCUT2D eigenvalue weighted by molar-refractivity contribution is 6.27. The average molecular weight is 161 g/mol. The van der Waals surface area contributed by atoms with Gasteiger partial charge in [0.15, 0.2) is 5.78 Å². The quantitative estimate of drug-likeness (QED) is 0.567. The summed E-state index contributed by atoms with van der Waals surface area (Å²) in [5.74, 6) is 1.30. The molecular weight excluding hydrogens is 148 g/mol. The zero-order valence-electron chi connectivity index (χ0n) is 6.27. The molecule has 1 aliphatic rings. The Labute approximate surface area is 66.8 Å². The minimum atomic E-state index is 0.203. The van der Waals surface area contributed by atoms with Gasteiger partial charge in [0, 0.05) is 5.92 Å². The van der Waals surface area contributed by atoms with Crippen molar-refractivity contribution in [3.63, 3.8) is 0 Å². The highest BCUT2D eigenvalue weighted by Gasteiger charge is 2.28. The Morgan fingerprint density at radius 1 is 1.60 bits per heavy atom. The van der Waals surface area contributed by atoms with Gasteiger partial charge in [-0.25, -0.2) is 0 Å². The smallest absolute Gasteiger partial charge is 0.150 e. The Kier molecular flexibility index (Phi) is 2.72. The lowest BCUT2D eigenvalue weighted by atomic mass is 9.95. The number of hydrogen-bond donors (Lipinski definition) is 0. The average Bonchev–Trinajstić information content (AvgIpc) is 2.34. The molecule has 0 spiro atoms. The molecule has 2 atom stereocenters. The van der Waals surface area contributed by atoms with E-state index in [0.29, 0.717) is 5.92 Å². The van der Waals surface area contributed by atoms with Gasteiger partial charge in [0.1, 0.15) is 0 Å². The van der Waals surface area contributed by atoms with Crippen LogP contribution < -0.4 is 0 Å². The maximum Gasteiger partial charge on any atom is 0.150 e. The fourth-order valence-corrected chi connectivity index (χ4v) is 1.92. The zero-order chi connectivity index (χ0) is 7.56. The fraction of sp³-hybridized carbons (Fsp3) is 0.875. The van der Waals surface area contributed by atoms with Crippen LogP contribution in [-0.4, -0.2) is 11.7 Å². The standard InChI is InChI=1S/C8H13ClO/c1-6-3-2-4-7(6)8(10)5-9/h6-7H,2-5H2,1H3. The van der Waals surface area contributed by atoms with Crippen molar-refractivity contribution in [1.82, 2.24) is 0 Å². The molecule has 0 heterocycles. The number of ketones is 1. The maximum atomic E-state index is 11.1. The number of rotatable bonds is 2.